The Morgan fingerprint density at radius 2 is 1.81 bits per heavy atom. The molecule has 0 aliphatic carbocycles. The van der Waals surface area contributed by atoms with E-state index in [9.17, 15) is 10.1 Å². The van der Waals surface area contributed by atoms with E-state index in [2.05, 4.69) is 10.3 Å². The van der Waals surface area contributed by atoms with E-state index in [4.69, 9.17) is 4.74 Å². The van der Waals surface area contributed by atoms with Crippen LogP contribution in [0.4, 0.5) is 11.4 Å². The summed E-state index contributed by atoms with van der Waals surface area (Å²) in [7, 11) is 3.41. The molecule has 2 aromatic carbocycles. The molecule has 0 saturated carbocycles. The molecule has 6 nitrogen and oxygen atoms in total. The number of fused-ring (bicyclic) bond motifs is 2. The Bertz CT molecular complexity index is 862. The molecule has 1 N–H and O–H groups in total. The maximum absolute atomic E-state index is 10.9. The van der Waals surface area contributed by atoms with Gasteiger partial charge in [0.25, 0.3) is 5.69 Å². The van der Waals surface area contributed by atoms with Crippen LogP contribution in [0.5, 0.6) is 5.75 Å². The normalized spacial score (nSPS) is 10.8. The molecule has 106 valence electrons. The average molecular weight is 283 g/mol. The van der Waals surface area contributed by atoms with Gasteiger partial charge in [0.1, 0.15) is 5.75 Å². The number of ether oxygens (including phenoxy) is 1. The van der Waals surface area contributed by atoms with Crippen molar-refractivity contribution < 1.29 is 9.66 Å². The lowest BCUT2D eigenvalue weighted by Crippen LogP contribution is -1.96. The van der Waals surface area contributed by atoms with Gasteiger partial charge in [-0.3, -0.25) is 10.1 Å². The summed E-state index contributed by atoms with van der Waals surface area (Å²) in [5, 5.41) is 15.8. The van der Waals surface area contributed by atoms with E-state index in [1.54, 1.807) is 13.2 Å². The third-order valence-corrected chi connectivity index (χ3v) is 3.43. The molecule has 0 aliphatic heterocycles. The highest BCUT2D eigenvalue weighted by atomic mass is 16.6. The molecule has 0 spiro atoms. The van der Waals surface area contributed by atoms with Crippen LogP contribution in [0.25, 0.3) is 21.8 Å². The number of pyridine rings is 1. The van der Waals surface area contributed by atoms with Gasteiger partial charge >= 0.3 is 0 Å². The molecule has 0 unspecified atom stereocenters. The number of hydrogen-bond acceptors (Lipinski definition) is 5. The first-order valence-electron chi connectivity index (χ1n) is 6.37. The van der Waals surface area contributed by atoms with Gasteiger partial charge in [-0.1, -0.05) is 0 Å². The molecule has 0 saturated heterocycles. The minimum atomic E-state index is -0.421. The smallest absolute Gasteiger partial charge is 0.271 e. The minimum Gasteiger partial charge on any atom is -0.497 e. The van der Waals surface area contributed by atoms with Crippen molar-refractivity contribution in [2.24, 2.45) is 0 Å². The second-order valence-corrected chi connectivity index (χ2v) is 4.58. The number of methoxy groups -OCH3 is 1. The van der Waals surface area contributed by atoms with E-state index in [-0.39, 0.29) is 5.69 Å². The Hall–Kier alpha value is -2.89. The van der Waals surface area contributed by atoms with E-state index in [1.807, 2.05) is 25.2 Å². The Morgan fingerprint density at radius 3 is 2.43 bits per heavy atom. The topological polar surface area (TPSA) is 77.3 Å². The lowest BCUT2D eigenvalue weighted by molar-refractivity contribution is -0.384. The van der Waals surface area contributed by atoms with Gasteiger partial charge < -0.3 is 10.1 Å². The minimum absolute atomic E-state index is 0.0271. The van der Waals surface area contributed by atoms with Crippen LogP contribution in [0.3, 0.4) is 0 Å². The number of non-ortho nitro benzene ring substituents is 1. The molecule has 6 heteroatoms. The summed E-state index contributed by atoms with van der Waals surface area (Å²) >= 11 is 0. The van der Waals surface area contributed by atoms with Crippen LogP contribution in [-0.4, -0.2) is 24.1 Å². The number of nitrogens with zero attached hydrogens (tertiary/aromatic N) is 2. The number of anilines is 1. The van der Waals surface area contributed by atoms with Crippen molar-refractivity contribution in [3.8, 4) is 5.75 Å². The Morgan fingerprint density at radius 1 is 1.14 bits per heavy atom. The van der Waals surface area contributed by atoms with E-state index in [1.165, 1.54) is 12.1 Å². The van der Waals surface area contributed by atoms with Gasteiger partial charge in [0.15, 0.2) is 0 Å². The number of rotatable bonds is 3. The zero-order valence-electron chi connectivity index (χ0n) is 11.6. The van der Waals surface area contributed by atoms with Crippen LogP contribution in [0.15, 0.2) is 36.4 Å². The third-order valence-electron chi connectivity index (χ3n) is 3.43. The summed E-state index contributed by atoms with van der Waals surface area (Å²) in [4.78, 5) is 15.0. The Kier molecular flexibility index (Phi) is 3.06. The lowest BCUT2D eigenvalue weighted by atomic mass is 10.1. The predicted molar refractivity (Wildman–Crippen MR) is 82.0 cm³/mol. The fraction of sp³-hybridized carbons (Fsp3) is 0.133. The van der Waals surface area contributed by atoms with Crippen molar-refractivity contribution in [3.05, 3.63) is 46.5 Å². The first kappa shape index (κ1) is 13.1. The van der Waals surface area contributed by atoms with E-state index < -0.39 is 4.92 Å². The van der Waals surface area contributed by atoms with Crippen LogP contribution < -0.4 is 10.1 Å². The van der Waals surface area contributed by atoms with Crippen LogP contribution in [-0.2, 0) is 0 Å². The van der Waals surface area contributed by atoms with Gasteiger partial charge in [-0.15, -0.1) is 0 Å². The van der Waals surface area contributed by atoms with Crippen LogP contribution >= 0.6 is 0 Å². The highest BCUT2D eigenvalue weighted by molar-refractivity contribution is 6.08. The quantitative estimate of drug-likeness (QED) is 0.453. The molecule has 0 fully saturated rings. The van der Waals surface area contributed by atoms with Crippen LogP contribution in [0, 0.1) is 10.1 Å². The fourth-order valence-corrected chi connectivity index (χ4v) is 2.42. The monoisotopic (exact) mass is 283 g/mol. The first-order chi connectivity index (χ1) is 10.1. The summed E-state index contributed by atoms with van der Waals surface area (Å²) in [6.07, 6.45) is 0. The number of aromatic nitrogens is 1. The maximum Gasteiger partial charge on any atom is 0.271 e. The third kappa shape index (κ3) is 2.10. The fourth-order valence-electron chi connectivity index (χ4n) is 2.42. The molecule has 0 atom stereocenters. The van der Waals surface area contributed by atoms with Gasteiger partial charge in [0.2, 0.25) is 0 Å². The van der Waals surface area contributed by atoms with E-state index in [0.29, 0.717) is 11.3 Å². The Labute approximate surface area is 120 Å². The average Bonchev–Trinajstić information content (AvgIpc) is 2.51. The molecule has 3 aromatic rings. The second kappa shape index (κ2) is 4.90. The van der Waals surface area contributed by atoms with Crippen molar-refractivity contribution in [2.75, 3.05) is 19.5 Å². The largest absolute Gasteiger partial charge is 0.497 e. The van der Waals surface area contributed by atoms with Crippen LogP contribution in [0.1, 0.15) is 0 Å². The number of hydrogen-bond donors (Lipinski definition) is 1. The standard InChI is InChI=1S/C15H13N3O3/c1-16-15-11-5-3-9(18(19)20)7-13(11)17-14-8-10(21-2)4-6-12(14)15/h3-8H,1-2H3,(H,16,17). The molecular weight excluding hydrogens is 270 g/mol. The summed E-state index contributed by atoms with van der Waals surface area (Å²) in [5.74, 6) is 0.696. The van der Waals surface area contributed by atoms with Gasteiger partial charge in [-0.25, -0.2) is 4.98 Å². The van der Waals surface area contributed by atoms with Crippen molar-refractivity contribution in [3.63, 3.8) is 0 Å². The molecule has 0 amide bonds. The van der Waals surface area contributed by atoms with Gasteiger partial charge in [0, 0.05) is 36.0 Å². The summed E-state index contributed by atoms with van der Waals surface area (Å²) in [5.41, 5.74) is 2.23. The molecule has 3 rings (SSSR count). The number of benzene rings is 2. The highest BCUT2D eigenvalue weighted by Gasteiger charge is 2.12. The molecule has 21 heavy (non-hydrogen) atoms. The van der Waals surface area contributed by atoms with Crippen LogP contribution in [0.2, 0.25) is 0 Å². The number of nitrogens with one attached hydrogen (secondary N) is 1. The van der Waals surface area contributed by atoms with Crippen molar-refractivity contribution in [1.29, 1.82) is 0 Å². The number of nitro benzene ring substituents is 1. The lowest BCUT2D eigenvalue weighted by Gasteiger charge is -2.11. The zero-order valence-corrected chi connectivity index (χ0v) is 11.6. The number of nitro groups is 1. The van der Waals surface area contributed by atoms with E-state index in [0.717, 1.165) is 22.0 Å². The SMILES string of the molecule is CNc1c2ccc(OC)cc2nc2cc([N+](=O)[O-])ccc12. The van der Waals surface area contributed by atoms with Gasteiger partial charge in [0.05, 0.1) is 28.8 Å². The molecule has 0 aliphatic rings. The van der Waals surface area contributed by atoms with E-state index >= 15 is 0 Å². The predicted octanol–water partition coefficient (Wildman–Crippen LogP) is 3.35. The first-order valence-corrected chi connectivity index (χ1v) is 6.37. The van der Waals surface area contributed by atoms with Gasteiger partial charge in [-0.2, -0.15) is 0 Å². The zero-order chi connectivity index (χ0) is 15.0. The molecule has 1 aromatic heterocycles. The Balaban J connectivity index is 2.39. The molecule has 0 bridgehead atoms. The summed E-state index contributed by atoms with van der Waals surface area (Å²) in [6, 6.07) is 10.3. The molecule has 0 radical (unpaired) electrons. The molecular formula is C15H13N3O3. The van der Waals surface area contributed by atoms with Crippen molar-refractivity contribution in [1.82, 2.24) is 4.98 Å². The van der Waals surface area contributed by atoms with Gasteiger partial charge in [-0.05, 0) is 18.2 Å². The van der Waals surface area contributed by atoms with Crippen molar-refractivity contribution in [2.45, 2.75) is 0 Å². The maximum atomic E-state index is 10.9. The summed E-state index contributed by atoms with van der Waals surface area (Å²) in [6.45, 7) is 0. The highest BCUT2D eigenvalue weighted by Crippen LogP contribution is 2.33. The molecule has 1 heterocycles. The summed E-state index contributed by atoms with van der Waals surface area (Å²) < 4.78 is 5.20. The second-order valence-electron chi connectivity index (χ2n) is 4.58. The van der Waals surface area contributed by atoms with Crippen molar-refractivity contribution >= 4 is 33.2 Å².